The molecule has 0 aliphatic rings. The zero-order valence-electron chi connectivity index (χ0n) is 8.85. The molecule has 0 saturated carbocycles. The number of nitrogens with one attached hydrogen (secondary N) is 1. The Kier molecular flexibility index (Phi) is 5.53. The van der Waals surface area contributed by atoms with Gasteiger partial charge in [-0.2, -0.15) is 0 Å². The van der Waals surface area contributed by atoms with E-state index < -0.39 is 0 Å². The van der Waals surface area contributed by atoms with Crippen molar-refractivity contribution in [1.82, 2.24) is 5.32 Å². The van der Waals surface area contributed by atoms with Crippen molar-refractivity contribution in [1.29, 1.82) is 0 Å². The van der Waals surface area contributed by atoms with Crippen LogP contribution in [0.1, 0.15) is 25.1 Å². The molecule has 1 unspecified atom stereocenters. The molecule has 1 heterocycles. The highest BCUT2D eigenvalue weighted by Gasteiger charge is 2.08. The Hall–Kier alpha value is -0.0500. The number of hydrogen-bond donors (Lipinski definition) is 1. The normalized spacial score (nSPS) is 13.1. The second-order valence-electron chi connectivity index (χ2n) is 3.49. The van der Waals surface area contributed by atoms with Gasteiger partial charge < -0.3 is 5.32 Å². The molecule has 3 heteroatoms. The van der Waals surface area contributed by atoms with Crippen LogP contribution in [0.5, 0.6) is 0 Å². The van der Waals surface area contributed by atoms with E-state index in [0.717, 1.165) is 29.8 Å². The van der Waals surface area contributed by atoms with Gasteiger partial charge in [0.2, 0.25) is 0 Å². The second kappa shape index (κ2) is 6.44. The van der Waals surface area contributed by atoms with Crippen LogP contribution >= 0.6 is 22.9 Å². The van der Waals surface area contributed by atoms with Crippen LogP contribution in [0, 0.1) is 5.92 Å². The zero-order chi connectivity index (χ0) is 10.4. The molecule has 80 valence electrons. The van der Waals surface area contributed by atoms with Crippen LogP contribution in [-0.2, 0) is 6.42 Å². The van der Waals surface area contributed by atoms with E-state index in [2.05, 4.69) is 25.2 Å². The molecule has 0 aliphatic heterocycles. The number of rotatable bonds is 6. The summed E-state index contributed by atoms with van der Waals surface area (Å²) in [5.41, 5.74) is 0. The molecule has 14 heavy (non-hydrogen) atoms. The molecule has 1 rings (SSSR count). The average Bonchev–Trinajstić information content (AvgIpc) is 2.58. The molecular formula is C11H18ClNS. The van der Waals surface area contributed by atoms with Crippen LogP contribution < -0.4 is 5.32 Å². The summed E-state index contributed by atoms with van der Waals surface area (Å²) in [5.74, 6) is 0.740. The fraction of sp³-hybridized carbons (Fsp3) is 0.636. The maximum atomic E-state index is 5.89. The minimum absolute atomic E-state index is 0.740. The summed E-state index contributed by atoms with van der Waals surface area (Å²) in [6.45, 7) is 6.57. The third kappa shape index (κ3) is 3.99. The van der Waals surface area contributed by atoms with Crippen molar-refractivity contribution in [2.45, 2.75) is 26.7 Å². The Labute approximate surface area is 95.5 Å². The Bertz CT molecular complexity index is 260. The van der Waals surface area contributed by atoms with Crippen molar-refractivity contribution in [3.8, 4) is 0 Å². The predicted molar refractivity (Wildman–Crippen MR) is 65.4 cm³/mol. The smallest absolute Gasteiger partial charge is 0.0931 e. The molecule has 0 amide bonds. The first-order chi connectivity index (χ1) is 6.76. The lowest BCUT2D eigenvalue weighted by Crippen LogP contribution is -2.23. The van der Waals surface area contributed by atoms with Crippen molar-refractivity contribution in [2.24, 2.45) is 5.92 Å². The van der Waals surface area contributed by atoms with E-state index in [1.165, 1.54) is 11.3 Å². The number of thiophene rings is 1. The van der Waals surface area contributed by atoms with Crippen LogP contribution in [0.3, 0.4) is 0 Å². The minimum Gasteiger partial charge on any atom is -0.317 e. The lowest BCUT2D eigenvalue weighted by Gasteiger charge is -2.13. The molecule has 1 N–H and O–H groups in total. The van der Waals surface area contributed by atoms with E-state index in [0.29, 0.717) is 0 Å². The Morgan fingerprint density at radius 3 is 2.71 bits per heavy atom. The lowest BCUT2D eigenvalue weighted by molar-refractivity contribution is 0.470. The van der Waals surface area contributed by atoms with Crippen LogP contribution in [0.25, 0.3) is 0 Å². The van der Waals surface area contributed by atoms with Gasteiger partial charge >= 0.3 is 0 Å². The molecule has 1 atom stereocenters. The molecule has 1 nitrogen and oxygen atoms in total. The third-order valence-corrected chi connectivity index (χ3v) is 3.63. The van der Waals surface area contributed by atoms with Crippen molar-refractivity contribution >= 4 is 22.9 Å². The van der Waals surface area contributed by atoms with E-state index >= 15 is 0 Å². The molecule has 0 aromatic carbocycles. The topological polar surface area (TPSA) is 12.0 Å². The summed E-state index contributed by atoms with van der Waals surface area (Å²) >= 11 is 7.60. The highest BCUT2D eigenvalue weighted by Crippen LogP contribution is 2.24. The molecule has 0 spiro atoms. The molecule has 0 aliphatic carbocycles. The molecule has 0 fully saturated rings. The van der Waals surface area contributed by atoms with E-state index in [9.17, 15) is 0 Å². The average molecular weight is 232 g/mol. The van der Waals surface area contributed by atoms with Gasteiger partial charge in [-0.25, -0.2) is 0 Å². The van der Waals surface area contributed by atoms with Crippen LogP contribution in [0.4, 0.5) is 0 Å². The maximum absolute atomic E-state index is 5.89. The standard InChI is InChI=1S/C11H18ClNS/c1-3-9(8-13-4-2)7-10-5-6-11(12)14-10/h5-6,9,13H,3-4,7-8H2,1-2H3. The zero-order valence-corrected chi connectivity index (χ0v) is 10.4. The number of halogens is 1. The van der Waals surface area contributed by atoms with E-state index in [1.807, 2.05) is 6.07 Å². The quantitative estimate of drug-likeness (QED) is 0.789. The van der Waals surface area contributed by atoms with Gasteiger partial charge in [0, 0.05) is 4.88 Å². The van der Waals surface area contributed by atoms with Gasteiger partial charge in [0.1, 0.15) is 0 Å². The Morgan fingerprint density at radius 1 is 1.43 bits per heavy atom. The molecule has 1 aromatic rings. The van der Waals surface area contributed by atoms with Gasteiger partial charge in [-0.15, -0.1) is 11.3 Å². The first kappa shape index (κ1) is 12.0. The van der Waals surface area contributed by atoms with Crippen molar-refractivity contribution in [3.63, 3.8) is 0 Å². The van der Waals surface area contributed by atoms with E-state index in [4.69, 9.17) is 11.6 Å². The van der Waals surface area contributed by atoms with Gasteiger partial charge in [0.15, 0.2) is 0 Å². The molecule has 0 bridgehead atoms. The van der Waals surface area contributed by atoms with Crippen LogP contribution in [0.2, 0.25) is 4.34 Å². The molecular weight excluding hydrogens is 214 g/mol. The largest absolute Gasteiger partial charge is 0.317 e. The Balaban J connectivity index is 2.40. The van der Waals surface area contributed by atoms with Gasteiger partial charge in [-0.1, -0.05) is 31.9 Å². The first-order valence-electron chi connectivity index (χ1n) is 5.21. The van der Waals surface area contributed by atoms with E-state index in [1.54, 1.807) is 11.3 Å². The number of hydrogen-bond acceptors (Lipinski definition) is 2. The van der Waals surface area contributed by atoms with Gasteiger partial charge in [0.05, 0.1) is 4.34 Å². The maximum Gasteiger partial charge on any atom is 0.0931 e. The monoisotopic (exact) mass is 231 g/mol. The van der Waals surface area contributed by atoms with Crippen molar-refractivity contribution < 1.29 is 0 Å². The summed E-state index contributed by atoms with van der Waals surface area (Å²) in [5, 5.41) is 3.40. The summed E-state index contributed by atoms with van der Waals surface area (Å²) in [7, 11) is 0. The third-order valence-electron chi connectivity index (χ3n) is 2.38. The lowest BCUT2D eigenvalue weighted by atomic mass is 10.0. The fourth-order valence-electron chi connectivity index (χ4n) is 1.46. The summed E-state index contributed by atoms with van der Waals surface area (Å²) in [6.07, 6.45) is 2.38. The predicted octanol–water partition coefficient (Wildman–Crippen LogP) is 3.58. The van der Waals surface area contributed by atoms with Gasteiger partial charge in [-0.3, -0.25) is 0 Å². The summed E-state index contributed by atoms with van der Waals surface area (Å²) in [4.78, 5) is 1.40. The molecule has 0 radical (unpaired) electrons. The van der Waals surface area contributed by atoms with Gasteiger partial charge in [-0.05, 0) is 37.6 Å². The highest BCUT2D eigenvalue weighted by atomic mass is 35.5. The summed E-state index contributed by atoms with van der Waals surface area (Å²) < 4.78 is 0.901. The summed E-state index contributed by atoms with van der Waals surface area (Å²) in [6, 6.07) is 4.13. The highest BCUT2D eigenvalue weighted by molar-refractivity contribution is 7.16. The van der Waals surface area contributed by atoms with Crippen molar-refractivity contribution in [3.05, 3.63) is 21.3 Å². The van der Waals surface area contributed by atoms with Crippen molar-refractivity contribution in [2.75, 3.05) is 13.1 Å². The van der Waals surface area contributed by atoms with Crippen LogP contribution in [-0.4, -0.2) is 13.1 Å². The minimum atomic E-state index is 0.740. The van der Waals surface area contributed by atoms with Crippen LogP contribution in [0.15, 0.2) is 12.1 Å². The van der Waals surface area contributed by atoms with E-state index in [-0.39, 0.29) is 0 Å². The first-order valence-corrected chi connectivity index (χ1v) is 6.40. The fourth-order valence-corrected chi connectivity index (χ4v) is 2.66. The molecule has 0 saturated heterocycles. The SMILES string of the molecule is CCNCC(CC)Cc1ccc(Cl)s1. The van der Waals surface area contributed by atoms with Gasteiger partial charge in [0.25, 0.3) is 0 Å². The Morgan fingerprint density at radius 2 is 2.21 bits per heavy atom. The second-order valence-corrected chi connectivity index (χ2v) is 5.29. The molecule has 1 aromatic heterocycles.